The van der Waals surface area contributed by atoms with Crippen molar-refractivity contribution in [3.05, 3.63) is 47.7 Å². The molecule has 110 valence electrons. The zero-order valence-electron chi connectivity index (χ0n) is 11.8. The van der Waals surface area contributed by atoms with Crippen LogP contribution in [-0.4, -0.2) is 23.5 Å². The number of rotatable bonds is 6. The third kappa shape index (κ3) is 5.10. The highest BCUT2D eigenvalue weighted by atomic mass is 16.5. The van der Waals surface area contributed by atoms with E-state index >= 15 is 0 Å². The van der Waals surface area contributed by atoms with Gasteiger partial charge >= 0.3 is 0 Å². The van der Waals surface area contributed by atoms with Crippen molar-refractivity contribution in [1.29, 1.82) is 0 Å². The molecule has 1 heterocycles. The normalized spacial score (nSPS) is 10.1. The molecule has 2 N–H and O–H groups in total. The molecule has 0 spiro atoms. The average molecular weight is 287 g/mol. The number of aromatic nitrogens is 1. The predicted octanol–water partition coefficient (Wildman–Crippen LogP) is 1.67. The second-order valence-corrected chi connectivity index (χ2v) is 4.63. The van der Waals surface area contributed by atoms with Crippen molar-refractivity contribution < 1.29 is 14.1 Å². The van der Waals surface area contributed by atoms with E-state index in [1.807, 2.05) is 30.3 Å². The molecule has 21 heavy (non-hydrogen) atoms. The van der Waals surface area contributed by atoms with E-state index in [0.717, 1.165) is 5.56 Å². The summed E-state index contributed by atoms with van der Waals surface area (Å²) in [5, 5.41) is 8.74. The van der Waals surface area contributed by atoms with Crippen LogP contribution < -0.4 is 10.6 Å². The molecule has 2 rings (SSSR count). The number of carbonyl (C=O) groups is 2. The summed E-state index contributed by atoms with van der Waals surface area (Å²) in [6.07, 6.45) is 0.997. The highest BCUT2D eigenvalue weighted by molar-refractivity contribution is 5.93. The zero-order chi connectivity index (χ0) is 15.1. The smallest absolute Gasteiger partial charge is 0.245 e. The largest absolute Gasteiger partial charge is 0.360 e. The summed E-state index contributed by atoms with van der Waals surface area (Å²) in [7, 11) is 0. The lowest BCUT2D eigenvalue weighted by Crippen LogP contribution is -2.33. The third-order valence-electron chi connectivity index (χ3n) is 2.83. The van der Waals surface area contributed by atoms with E-state index in [4.69, 9.17) is 4.52 Å². The molecular formula is C15H17N3O3. The van der Waals surface area contributed by atoms with Gasteiger partial charge in [0, 0.05) is 12.5 Å². The molecule has 0 fully saturated rings. The van der Waals surface area contributed by atoms with E-state index in [2.05, 4.69) is 15.8 Å². The van der Waals surface area contributed by atoms with E-state index in [9.17, 15) is 9.59 Å². The van der Waals surface area contributed by atoms with Crippen molar-refractivity contribution in [3.8, 4) is 0 Å². The van der Waals surface area contributed by atoms with Gasteiger partial charge in [-0.1, -0.05) is 35.5 Å². The van der Waals surface area contributed by atoms with Crippen molar-refractivity contribution in [2.75, 3.05) is 11.9 Å². The maximum atomic E-state index is 11.7. The number of benzene rings is 1. The Morgan fingerprint density at radius 3 is 2.62 bits per heavy atom. The standard InChI is InChI=1S/C15H17N3O3/c1-11-9-13(18-21-11)17-15(20)10-16-14(19)8-7-12-5-3-2-4-6-12/h2-6,9H,7-8,10H2,1H3,(H,16,19)(H,17,18,20). The molecule has 0 unspecified atom stereocenters. The first-order valence-corrected chi connectivity index (χ1v) is 6.67. The number of nitrogens with one attached hydrogen (secondary N) is 2. The van der Waals surface area contributed by atoms with E-state index in [-0.39, 0.29) is 18.4 Å². The van der Waals surface area contributed by atoms with E-state index < -0.39 is 0 Å². The third-order valence-corrected chi connectivity index (χ3v) is 2.83. The summed E-state index contributed by atoms with van der Waals surface area (Å²) < 4.78 is 4.83. The van der Waals surface area contributed by atoms with Crippen molar-refractivity contribution in [2.45, 2.75) is 19.8 Å². The average Bonchev–Trinajstić information content (AvgIpc) is 2.89. The zero-order valence-corrected chi connectivity index (χ0v) is 11.8. The molecular weight excluding hydrogens is 270 g/mol. The van der Waals surface area contributed by atoms with Gasteiger partial charge in [-0.3, -0.25) is 9.59 Å². The lowest BCUT2D eigenvalue weighted by molar-refractivity contribution is -0.124. The van der Waals surface area contributed by atoms with Crippen LogP contribution in [0.5, 0.6) is 0 Å². The molecule has 0 radical (unpaired) electrons. The maximum Gasteiger partial charge on any atom is 0.245 e. The van der Waals surface area contributed by atoms with E-state index in [1.165, 1.54) is 0 Å². The van der Waals surface area contributed by atoms with Gasteiger partial charge in [0.15, 0.2) is 5.82 Å². The molecule has 6 heteroatoms. The Balaban J connectivity index is 1.67. The van der Waals surface area contributed by atoms with Gasteiger partial charge in [0.05, 0.1) is 6.54 Å². The fraction of sp³-hybridized carbons (Fsp3) is 0.267. The second-order valence-electron chi connectivity index (χ2n) is 4.63. The summed E-state index contributed by atoms with van der Waals surface area (Å²) in [5.74, 6) is 0.454. The number of nitrogens with zero attached hydrogens (tertiary/aromatic N) is 1. The van der Waals surface area contributed by atoms with Crippen LogP contribution in [0.15, 0.2) is 40.9 Å². The van der Waals surface area contributed by atoms with Crippen LogP contribution in [-0.2, 0) is 16.0 Å². The first kappa shape index (κ1) is 14.8. The van der Waals surface area contributed by atoms with Crippen molar-refractivity contribution in [2.24, 2.45) is 0 Å². The van der Waals surface area contributed by atoms with Crippen LogP contribution >= 0.6 is 0 Å². The molecule has 0 atom stereocenters. The summed E-state index contributed by atoms with van der Waals surface area (Å²) in [6, 6.07) is 11.3. The van der Waals surface area contributed by atoms with Gasteiger partial charge in [0.1, 0.15) is 5.76 Å². The summed E-state index contributed by atoms with van der Waals surface area (Å²) in [5.41, 5.74) is 1.09. The van der Waals surface area contributed by atoms with Gasteiger partial charge in [0.25, 0.3) is 0 Å². The quantitative estimate of drug-likeness (QED) is 0.846. The van der Waals surface area contributed by atoms with Gasteiger partial charge in [0.2, 0.25) is 11.8 Å². The van der Waals surface area contributed by atoms with Gasteiger partial charge in [-0.05, 0) is 18.9 Å². The first-order valence-electron chi connectivity index (χ1n) is 6.67. The molecule has 2 amide bonds. The van der Waals surface area contributed by atoms with Crippen LogP contribution in [0.25, 0.3) is 0 Å². The number of hydrogen-bond donors (Lipinski definition) is 2. The topological polar surface area (TPSA) is 84.2 Å². The second kappa shape index (κ2) is 7.23. The molecule has 0 aliphatic carbocycles. The van der Waals surface area contributed by atoms with Crippen molar-refractivity contribution >= 4 is 17.6 Å². The fourth-order valence-corrected chi connectivity index (χ4v) is 1.78. The Morgan fingerprint density at radius 1 is 1.19 bits per heavy atom. The molecule has 1 aromatic heterocycles. The minimum Gasteiger partial charge on any atom is -0.360 e. The first-order chi connectivity index (χ1) is 10.1. The predicted molar refractivity (Wildman–Crippen MR) is 77.6 cm³/mol. The molecule has 0 saturated heterocycles. The summed E-state index contributed by atoms with van der Waals surface area (Å²) in [6.45, 7) is 1.65. The van der Waals surface area contributed by atoms with E-state index in [0.29, 0.717) is 24.4 Å². The van der Waals surface area contributed by atoms with Crippen molar-refractivity contribution in [3.63, 3.8) is 0 Å². The maximum absolute atomic E-state index is 11.7. The van der Waals surface area contributed by atoms with Gasteiger partial charge < -0.3 is 15.2 Å². The Labute approximate surface area is 122 Å². The SMILES string of the molecule is Cc1cc(NC(=O)CNC(=O)CCc2ccccc2)no1. The molecule has 1 aromatic carbocycles. The summed E-state index contributed by atoms with van der Waals surface area (Å²) >= 11 is 0. The Bertz CT molecular complexity index is 608. The Hall–Kier alpha value is -2.63. The summed E-state index contributed by atoms with van der Waals surface area (Å²) in [4.78, 5) is 23.2. The minimum atomic E-state index is -0.337. The lowest BCUT2D eigenvalue weighted by atomic mass is 10.1. The molecule has 0 saturated carbocycles. The van der Waals surface area contributed by atoms with Crippen molar-refractivity contribution in [1.82, 2.24) is 10.5 Å². The Morgan fingerprint density at radius 2 is 1.95 bits per heavy atom. The number of hydrogen-bond acceptors (Lipinski definition) is 4. The number of anilines is 1. The fourth-order valence-electron chi connectivity index (χ4n) is 1.78. The van der Waals surface area contributed by atoms with Gasteiger partial charge in [-0.25, -0.2) is 0 Å². The van der Waals surface area contributed by atoms with Crippen LogP contribution in [0.2, 0.25) is 0 Å². The van der Waals surface area contributed by atoms with Gasteiger partial charge in [-0.15, -0.1) is 0 Å². The van der Waals surface area contributed by atoms with Crippen LogP contribution in [0.3, 0.4) is 0 Å². The highest BCUT2D eigenvalue weighted by Crippen LogP contribution is 2.06. The minimum absolute atomic E-state index is 0.0838. The Kier molecular flexibility index (Phi) is 5.09. The van der Waals surface area contributed by atoms with Crippen LogP contribution in [0.1, 0.15) is 17.7 Å². The monoisotopic (exact) mass is 287 g/mol. The molecule has 6 nitrogen and oxygen atoms in total. The number of amides is 2. The molecule has 2 aromatic rings. The molecule has 0 aliphatic rings. The number of aryl methyl sites for hydroxylation is 2. The van der Waals surface area contributed by atoms with Gasteiger partial charge in [-0.2, -0.15) is 0 Å². The lowest BCUT2D eigenvalue weighted by Gasteiger charge is -2.05. The molecule has 0 bridgehead atoms. The highest BCUT2D eigenvalue weighted by Gasteiger charge is 2.08. The van der Waals surface area contributed by atoms with E-state index in [1.54, 1.807) is 13.0 Å². The number of carbonyl (C=O) groups excluding carboxylic acids is 2. The van der Waals surface area contributed by atoms with Crippen LogP contribution in [0.4, 0.5) is 5.82 Å². The van der Waals surface area contributed by atoms with Crippen LogP contribution in [0, 0.1) is 6.92 Å². The molecule has 0 aliphatic heterocycles.